The van der Waals surface area contributed by atoms with E-state index in [4.69, 9.17) is 4.74 Å². The van der Waals surface area contributed by atoms with Gasteiger partial charge in [0.15, 0.2) is 0 Å². The molecule has 3 N–H and O–H groups in total. The Bertz CT molecular complexity index is 890. The van der Waals surface area contributed by atoms with E-state index in [1.807, 2.05) is 0 Å². The van der Waals surface area contributed by atoms with Crippen LogP contribution in [-0.4, -0.2) is 45.2 Å². The minimum atomic E-state index is -1.12. The van der Waals surface area contributed by atoms with Gasteiger partial charge in [-0.05, 0) is 86.4 Å². The van der Waals surface area contributed by atoms with Crippen molar-refractivity contribution in [3.63, 3.8) is 0 Å². The van der Waals surface area contributed by atoms with Gasteiger partial charge in [-0.15, -0.1) is 0 Å². The van der Waals surface area contributed by atoms with E-state index in [0.717, 1.165) is 38.5 Å². The molecular formula is C26H36O5. The number of aliphatic hydroxyl groups is 3. The molecule has 6 aliphatic carbocycles. The van der Waals surface area contributed by atoms with E-state index in [-0.39, 0.29) is 28.8 Å². The van der Waals surface area contributed by atoms with Gasteiger partial charge in [0.2, 0.25) is 0 Å². The van der Waals surface area contributed by atoms with Crippen molar-refractivity contribution in [1.82, 2.24) is 0 Å². The van der Waals surface area contributed by atoms with Crippen LogP contribution in [0.25, 0.3) is 0 Å². The second-order valence-electron chi connectivity index (χ2n) is 12.2. The number of aliphatic hydroxyl groups excluding tert-OH is 1. The summed E-state index contributed by atoms with van der Waals surface area (Å²) in [6.45, 7) is 6.56. The first kappa shape index (κ1) is 20.5. The Hall–Kier alpha value is -1.09. The lowest BCUT2D eigenvalue weighted by Gasteiger charge is -2.64. The van der Waals surface area contributed by atoms with Crippen molar-refractivity contribution in [2.45, 2.75) is 83.0 Å². The second kappa shape index (κ2) is 6.07. The normalized spacial score (nSPS) is 60.2. The van der Waals surface area contributed by atoms with Crippen LogP contribution in [0.5, 0.6) is 0 Å². The predicted molar refractivity (Wildman–Crippen MR) is 113 cm³/mol. The summed E-state index contributed by atoms with van der Waals surface area (Å²) in [5.74, 6) is 7.86. The second-order valence-corrected chi connectivity index (χ2v) is 12.2. The molecule has 0 spiro atoms. The molecule has 0 radical (unpaired) electrons. The number of carbonyl (C=O) groups excluding carboxylic acids is 1. The van der Waals surface area contributed by atoms with Crippen LogP contribution in [0.15, 0.2) is 0 Å². The van der Waals surface area contributed by atoms with E-state index in [1.165, 1.54) is 0 Å². The highest BCUT2D eigenvalue weighted by Gasteiger charge is 2.81. The molecule has 5 nitrogen and oxygen atoms in total. The maximum absolute atomic E-state index is 11.9. The van der Waals surface area contributed by atoms with E-state index in [1.54, 1.807) is 6.92 Å². The first-order valence-corrected chi connectivity index (χ1v) is 12.4. The number of esters is 1. The molecule has 0 aromatic rings. The van der Waals surface area contributed by atoms with E-state index < -0.39 is 17.2 Å². The van der Waals surface area contributed by atoms with Gasteiger partial charge in [0.25, 0.3) is 0 Å². The van der Waals surface area contributed by atoms with Gasteiger partial charge in [0, 0.05) is 23.7 Å². The van der Waals surface area contributed by atoms with Gasteiger partial charge in [0.05, 0.1) is 18.3 Å². The number of ether oxygens (including phenoxy) is 1. The van der Waals surface area contributed by atoms with Crippen LogP contribution in [0.1, 0.15) is 65.7 Å². The van der Waals surface area contributed by atoms with Crippen LogP contribution in [0, 0.1) is 64.1 Å². The standard InChI is InChI=1S/C26H36O5/c1-4-31-20(28)7-10-25(29)19-12-16(19)22-21-15-11-18(15)26(30)13-14(27)5-8-23(26,2)17(21)6-9-24(22,25)3/h14-19,21-22,27,29-30H,4-6,8-9,11-13H2,1-3H3/t14-,15-,16?,17?,18+,19-,21?,22?,23+,24-,25-,26+/m0/s1. The predicted octanol–water partition coefficient (Wildman–Crippen LogP) is 2.51. The summed E-state index contributed by atoms with van der Waals surface area (Å²) < 4.78 is 4.99. The summed E-state index contributed by atoms with van der Waals surface area (Å²) >= 11 is 0. The number of hydrogen-bond acceptors (Lipinski definition) is 5. The third-order valence-electron chi connectivity index (χ3n) is 11.2. The van der Waals surface area contributed by atoms with Crippen molar-refractivity contribution in [2.24, 2.45) is 52.3 Å². The SMILES string of the molecule is CCOC(=O)C#C[C@]1(O)[C@H]2CC2C2C3C(CC[C@@]21C)[C@@]1(C)CC[C@H](O)C[C@@]1(O)[C@@H]1C[C@H]31. The summed E-state index contributed by atoms with van der Waals surface area (Å²) in [4.78, 5) is 11.9. The fourth-order valence-corrected chi connectivity index (χ4v) is 9.71. The molecule has 6 saturated carbocycles. The van der Waals surface area contributed by atoms with Gasteiger partial charge >= 0.3 is 5.97 Å². The fraction of sp³-hybridized carbons (Fsp3) is 0.885. The molecule has 12 atom stereocenters. The fourth-order valence-electron chi connectivity index (χ4n) is 9.71. The topological polar surface area (TPSA) is 87.0 Å². The smallest absolute Gasteiger partial charge is 0.384 e. The molecular weight excluding hydrogens is 392 g/mol. The van der Waals surface area contributed by atoms with Crippen LogP contribution in [0.4, 0.5) is 0 Å². The Morgan fingerprint density at radius 3 is 2.48 bits per heavy atom. The summed E-state index contributed by atoms with van der Waals surface area (Å²) in [6, 6.07) is 0. The molecule has 6 aliphatic rings. The summed E-state index contributed by atoms with van der Waals surface area (Å²) in [5.41, 5.74) is -2.33. The van der Waals surface area contributed by atoms with Gasteiger partial charge in [-0.2, -0.15) is 0 Å². The molecule has 0 bridgehead atoms. The Kier molecular flexibility index (Phi) is 4.02. The lowest BCUT2D eigenvalue weighted by molar-refractivity contribution is -0.233. The van der Waals surface area contributed by atoms with Gasteiger partial charge in [-0.1, -0.05) is 19.8 Å². The largest absolute Gasteiger partial charge is 0.456 e. The van der Waals surface area contributed by atoms with E-state index in [9.17, 15) is 20.1 Å². The lowest BCUT2D eigenvalue weighted by atomic mass is 9.42. The van der Waals surface area contributed by atoms with Crippen LogP contribution >= 0.6 is 0 Å². The lowest BCUT2D eigenvalue weighted by Crippen LogP contribution is -2.65. The molecule has 31 heavy (non-hydrogen) atoms. The van der Waals surface area contributed by atoms with Crippen LogP contribution < -0.4 is 0 Å². The molecule has 6 rings (SSSR count). The highest BCUT2D eigenvalue weighted by atomic mass is 16.5. The third-order valence-corrected chi connectivity index (χ3v) is 11.2. The van der Waals surface area contributed by atoms with Crippen molar-refractivity contribution in [3.05, 3.63) is 0 Å². The Morgan fingerprint density at radius 1 is 1.03 bits per heavy atom. The average Bonchev–Trinajstić information content (AvgIpc) is 3.61. The molecule has 0 heterocycles. The van der Waals surface area contributed by atoms with Gasteiger partial charge in [-0.25, -0.2) is 4.79 Å². The van der Waals surface area contributed by atoms with Gasteiger partial charge in [0.1, 0.15) is 5.60 Å². The Labute approximate surface area is 184 Å². The average molecular weight is 429 g/mol. The summed E-state index contributed by atoms with van der Waals surface area (Å²) in [5, 5.41) is 34.1. The molecule has 5 heteroatoms. The molecule has 170 valence electrons. The van der Waals surface area contributed by atoms with Crippen LogP contribution in [0.2, 0.25) is 0 Å². The number of fused-ring (bicyclic) bond motifs is 10. The number of rotatable bonds is 1. The van der Waals surface area contributed by atoms with Gasteiger partial charge < -0.3 is 20.1 Å². The quantitative estimate of drug-likeness (QED) is 0.339. The third kappa shape index (κ3) is 2.32. The summed E-state index contributed by atoms with van der Waals surface area (Å²) in [7, 11) is 0. The zero-order valence-corrected chi connectivity index (χ0v) is 18.9. The van der Waals surface area contributed by atoms with E-state index in [0.29, 0.717) is 42.6 Å². The molecule has 4 unspecified atom stereocenters. The Balaban J connectivity index is 1.37. The van der Waals surface area contributed by atoms with E-state index in [2.05, 4.69) is 25.7 Å². The van der Waals surface area contributed by atoms with Gasteiger partial charge in [-0.3, -0.25) is 0 Å². The Morgan fingerprint density at radius 2 is 1.74 bits per heavy atom. The maximum Gasteiger partial charge on any atom is 0.384 e. The zero-order valence-electron chi connectivity index (χ0n) is 18.9. The molecule has 6 fully saturated rings. The summed E-state index contributed by atoms with van der Waals surface area (Å²) in [6.07, 6.45) is 5.72. The van der Waals surface area contributed by atoms with Crippen molar-refractivity contribution < 1.29 is 24.9 Å². The highest BCUT2D eigenvalue weighted by molar-refractivity contribution is 5.88. The number of carbonyl (C=O) groups is 1. The molecule has 0 aromatic heterocycles. The molecule has 0 aliphatic heterocycles. The van der Waals surface area contributed by atoms with Crippen molar-refractivity contribution >= 4 is 5.97 Å². The highest BCUT2D eigenvalue weighted by Crippen LogP contribution is 2.81. The minimum Gasteiger partial charge on any atom is -0.456 e. The number of hydrogen-bond donors (Lipinski definition) is 3. The van der Waals surface area contributed by atoms with Crippen molar-refractivity contribution in [2.75, 3.05) is 6.61 Å². The van der Waals surface area contributed by atoms with E-state index >= 15 is 0 Å². The molecule has 0 saturated heterocycles. The van der Waals surface area contributed by atoms with Crippen LogP contribution in [-0.2, 0) is 9.53 Å². The first-order chi connectivity index (χ1) is 14.6. The molecule has 0 aromatic carbocycles. The van der Waals surface area contributed by atoms with Crippen molar-refractivity contribution in [3.8, 4) is 11.8 Å². The zero-order chi connectivity index (χ0) is 22.0. The van der Waals surface area contributed by atoms with Crippen LogP contribution in [0.3, 0.4) is 0 Å². The monoisotopic (exact) mass is 428 g/mol. The first-order valence-electron chi connectivity index (χ1n) is 12.4. The molecule has 0 amide bonds. The maximum atomic E-state index is 11.9. The van der Waals surface area contributed by atoms with Crippen molar-refractivity contribution in [1.29, 1.82) is 0 Å². The minimum absolute atomic E-state index is 0.155.